The third-order valence-electron chi connectivity index (χ3n) is 3.91. The molecule has 0 spiro atoms. The van der Waals surface area contributed by atoms with Crippen LogP contribution in [0.25, 0.3) is 0 Å². The summed E-state index contributed by atoms with van der Waals surface area (Å²) in [6.07, 6.45) is 0. The maximum Gasteiger partial charge on any atom is 0.0207 e. The standard InChI is InChI=1S/C17H29N3S/c1-15(2)18-14-16-4-6-17(7-5-16)21-13-12-20-10-8-19(3)9-11-20/h4-7,15,18H,8-14H2,1-3H3. The molecule has 1 aliphatic rings. The zero-order chi connectivity index (χ0) is 15.1. The molecule has 1 heterocycles. The average molecular weight is 308 g/mol. The fourth-order valence-corrected chi connectivity index (χ4v) is 3.30. The lowest BCUT2D eigenvalue weighted by atomic mass is 10.2. The Kier molecular flexibility index (Phi) is 7.04. The molecule has 0 bridgehead atoms. The minimum absolute atomic E-state index is 0.544. The summed E-state index contributed by atoms with van der Waals surface area (Å²) in [4.78, 5) is 6.37. The number of hydrogen-bond acceptors (Lipinski definition) is 4. The molecule has 0 atom stereocenters. The van der Waals surface area contributed by atoms with Crippen molar-refractivity contribution in [2.75, 3.05) is 45.5 Å². The van der Waals surface area contributed by atoms with Gasteiger partial charge in [-0.1, -0.05) is 26.0 Å². The number of hydrogen-bond donors (Lipinski definition) is 1. The molecule has 1 aliphatic heterocycles. The summed E-state index contributed by atoms with van der Waals surface area (Å²) in [5.41, 5.74) is 1.37. The number of piperazine rings is 1. The molecule has 1 N–H and O–H groups in total. The number of nitrogens with zero attached hydrogens (tertiary/aromatic N) is 2. The lowest BCUT2D eigenvalue weighted by molar-refractivity contribution is 0.161. The topological polar surface area (TPSA) is 18.5 Å². The van der Waals surface area contributed by atoms with Crippen molar-refractivity contribution in [1.29, 1.82) is 0 Å². The van der Waals surface area contributed by atoms with E-state index in [9.17, 15) is 0 Å². The van der Waals surface area contributed by atoms with Crippen LogP contribution in [0.4, 0.5) is 0 Å². The van der Waals surface area contributed by atoms with E-state index in [1.807, 2.05) is 11.8 Å². The molecule has 1 aromatic carbocycles. The highest BCUT2D eigenvalue weighted by Crippen LogP contribution is 2.18. The van der Waals surface area contributed by atoms with E-state index in [1.165, 1.54) is 48.9 Å². The van der Waals surface area contributed by atoms with Gasteiger partial charge >= 0.3 is 0 Å². The summed E-state index contributed by atoms with van der Waals surface area (Å²) in [5.74, 6) is 1.19. The summed E-state index contributed by atoms with van der Waals surface area (Å²) < 4.78 is 0. The van der Waals surface area contributed by atoms with Gasteiger partial charge in [0, 0.05) is 56.0 Å². The van der Waals surface area contributed by atoms with Crippen LogP contribution >= 0.6 is 11.8 Å². The van der Waals surface area contributed by atoms with E-state index in [0.717, 1.165) is 6.54 Å². The normalized spacial score (nSPS) is 17.5. The Labute approximate surface area is 134 Å². The highest BCUT2D eigenvalue weighted by atomic mass is 32.2. The van der Waals surface area contributed by atoms with E-state index in [0.29, 0.717) is 6.04 Å². The molecule has 4 heteroatoms. The second kappa shape index (κ2) is 8.79. The maximum atomic E-state index is 3.45. The minimum Gasteiger partial charge on any atom is -0.310 e. The van der Waals surface area contributed by atoms with Crippen molar-refractivity contribution < 1.29 is 0 Å². The van der Waals surface area contributed by atoms with E-state index < -0.39 is 0 Å². The second-order valence-corrected chi connectivity index (χ2v) is 7.34. The molecule has 1 fully saturated rings. The summed E-state index contributed by atoms with van der Waals surface area (Å²) in [5, 5.41) is 3.45. The monoisotopic (exact) mass is 307 g/mol. The molecule has 1 aromatic rings. The Morgan fingerprint density at radius 1 is 1.10 bits per heavy atom. The van der Waals surface area contributed by atoms with Gasteiger partial charge in [-0.15, -0.1) is 11.8 Å². The molecular weight excluding hydrogens is 278 g/mol. The summed E-state index contributed by atoms with van der Waals surface area (Å²) in [6.45, 7) is 11.4. The molecule has 0 aliphatic carbocycles. The fourth-order valence-electron chi connectivity index (χ4n) is 2.39. The molecule has 3 nitrogen and oxygen atoms in total. The van der Waals surface area contributed by atoms with Crippen molar-refractivity contribution in [2.24, 2.45) is 0 Å². The Bertz CT molecular complexity index is 397. The number of benzene rings is 1. The van der Waals surface area contributed by atoms with Crippen molar-refractivity contribution in [3.05, 3.63) is 29.8 Å². The van der Waals surface area contributed by atoms with Crippen molar-refractivity contribution in [1.82, 2.24) is 15.1 Å². The van der Waals surface area contributed by atoms with Gasteiger partial charge in [-0.3, -0.25) is 4.90 Å². The number of nitrogens with one attached hydrogen (secondary N) is 1. The molecule has 0 amide bonds. The van der Waals surface area contributed by atoms with Crippen molar-refractivity contribution in [3.63, 3.8) is 0 Å². The molecule has 1 saturated heterocycles. The van der Waals surface area contributed by atoms with Gasteiger partial charge in [0.15, 0.2) is 0 Å². The third-order valence-corrected chi connectivity index (χ3v) is 4.90. The molecule has 0 saturated carbocycles. The Hall–Kier alpha value is -0.550. The van der Waals surface area contributed by atoms with Crippen LogP contribution in [-0.2, 0) is 6.54 Å². The first-order chi connectivity index (χ1) is 10.1. The van der Waals surface area contributed by atoms with Crippen LogP contribution in [0.2, 0.25) is 0 Å². The van der Waals surface area contributed by atoms with E-state index in [2.05, 4.69) is 60.3 Å². The molecule has 0 unspecified atom stereocenters. The van der Waals surface area contributed by atoms with Crippen molar-refractivity contribution in [3.8, 4) is 0 Å². The van der Waals surface area contributed by atoms with Crippen LogP contribution in [0.15, 0.2) is 29.2 Å². The first-order valence-electron chi connectivity index (χ1n) is 7.99. The zero-order valence-electron chi connectivity index (χ0n) is 13.6. The Morgan fingerprint density at radius 2 is 1.76 bits per heavy atom. The van der Waals surface area contributed by atoms with Gasteiger partial charge in [-0.05, 0) is 24.7 Å². The fraction of sp³-hybridized carbons (Fsp3) is 0.647. The number of thioether (sulfide) groups is 1. The summed E-state index contributed by atoms with van der Waals surface area (Å²) >= 11 is 1.97. The third kappa shape index (κ3) is 6.39. The number of likely N-dealkylation sites (N-methyl/N-ethyl adjacent to an activating group) is 1. The van der Waals surface area contributed by atoms with Gasteiger partial charge < -0.3 is 10.2 Å². The summed E-state index contributed by atoms with van der Waals surface area (Å²) in [7, 11) is 2.21. The van der Waals surface area contributed by atoms with Gasteiger partial charge in [0.05, 0.1) is 0 Å². The first kappa shape index (κ1) is 16.8. The first-order valence-corrected chi connectivity index (χ1v) is 8.98. The predicted octanol–water partition coefficient (Wildman–Crippen LogP) is 2.52. The van der Waals surface area contributed by atoms with E-state index in [4.69, 9.17) is 0 Å². The van der Waals surface area contributed by atoms with E-state index >= 15 is 0 Å². The lowest BCUT2D eigenvalue weighted by Crippen LogP contribution is -2.45. The van der Waals surface area contributed by atoms with Crippen LogP contribution in [0.3, 0.4) is 0 Å². The summed E-state index contributed by atoms with van der Waals surface area (Å²) in [6, 6.07) is 9.54. The minimum atomic E-state index is 0.544. The highest BCUT2D eigenvalue weighted by molar-refractivity contribution is 7.99. The van der Waals surface area contributed by atoms with Crippen LogP contribution < -0.4 is 5.32 Å². The quantitative estimate of drug-likeness (QED) is 0.780. The van der Waals surface area contributed by atoms with Gasteiger partial charge in [-0.25, -0.2) is 0 Å². The van der Waals surface area contributed by atoms with Gasteiger partial charge in [-0.2, -0.15) is 0 Å². The van der Waals surface area contributed by atoms with Crippen LogP contribution in [0, 0.1) is 0 Å². The molecule has 0 radical (unpaired) electrons. The molecule has 0 aromatic heterocycles. The predicted molar refractivity (Wildman–Crippen MR) is 93.1 cm³/mol. The largest absolute Gasteiger partial charge is 0.310 e. The number of rotatable bonds is 7. The smallest absolute Gasteiger partial charge is 0.0207 e. The SMILES string of the molecule is CC(C)NCc1ccc(SCCN2CCN(C)CC2)cc1. The van der Waals surface area contributed by atoms with Crippen molar-refractivity contribution in [2.45, 2.75) is 31.3 Å². The molecular formula is C17H29N3S. The molecule has 118 valence electrons. The van der Waals surface area contributed by atoms with Crippen LogP contribution in [0.5, 0.6) is 0 Å². The van der Waals surface area contributed by atoms with E-state index in [1.54, 1.807) is 0 Å². The van der Waals surface area contributed by atoms with Crippen LogP contribution in [-0.4, -0.2) is 61.4 Å². The molecule has 21 heavy (non-hydrogen) atoms. The van der Waals surface area contributed by atoms with Gasteiger partial charge in [0.1, 0.15) is 0 Å². The second-order valence-electron chi connectivity index (χ2n) is 6.17. The highest BCUT2D eigenvalue weighted by Gasteiger charge is 2.12. The van der Waals surface area contributed by atoms with Crippen LogP contribution in [0.1, 0.15) is 19.4 Å². The lowest BCUT2D eigenvalue weighted by Gasteiger charge is -2.32. The van der Waals surface area contributed by atoms with Gasteiger partial charge in [0.2, 0.25) is 0 Å². The Balaban J connectivity index is 1.66. The zero-order valence-corrected chi connectivity index (χ0v) is 14.5. The Morgan fingerprint density at radius 3 is 2.38 bits per heavy atom. The maximum absolute atomic E-state index is 3.45. The van der Waals surface area contributed by atoms with Crippen molar-refractivity contribution >= 4 is 11.8 Å². The van der Waals surface area contributed by atoms with E-state index in [-0.39, 0.29) is 0 Å². The average Bonchev–Trinajstić information content (AvgIpc) is 2.48. The van der Waals surface area contributed by atoms with Gasteiger partial charge in [0.25, 0.3) is 0 Å². The molecule has 2 rings (SSSR count).